The fourth-order valence-corrected chi connectivity index (χ4v) is 3.02. The molecule has 0 bridgehead atoms. The Bertz CT molecular complexity index is 508. The minimum atomic E-state index is -0.203. The van der Waals surface area contributed by atoms with Crippen molar-refractivity contribution < 1.29 is 9.59 Å². The van der Waals surface area contributed by atoms with Gasteiger partial charge in [0.25, 0.3) is 0 Å². The van der Waals surface area contributed by atoms with Gasteiger partial charge in [-0.3, -0.25) is 9.59 Å². The first kappa shape index (κ1) is 14.1. The molecule has 1 fully saturated rings. The minimum Gasteiger partial charge on any atom is -0.371 e. The molecule has 2 N–H and O–H groups in total. The number of carbonyl (C=O) groups is 2. The fraction of sp³-hybridized carbons (Fsp3) is 0.429. The Balaban J connectivity index is 2.11. The van der Waals surface area contributed by atoms with Gasteiger partial charge < -0.3 is 10.6 Å². The largest absolute Gasteiger partial charge is 0.371 e. The summed E-state index contributed by atoms with van der Waals surface area (Å²) in [5.41, 5.74) is 7.09. The van der Waals surface area contributed by atoms with E-state index in [2.05, 4.69) is 20.8 Å². The van der Waals surface area contributed by atoms with Gasteiger partial charge >= 0.3 is 0 Å². The fourth-order valence-electron chi connectivity index (χ4n) is 2.39. The zero-order chi connectivity index (χ0) is 14.0. The van der Waals surface area contributed by atoms with Crippen LogP contribution in [-0.4, -0.2) is 24.8 Å². The van der Waals surface area contributed by atoms with Crippen molar-refractivity contribution in [3.05, 3.63) is 28.2 Å². The number of amides is 1. The molecule has 1 heterocycles. The summed E-state index contributed by atoms with van der Waals surface area (Å²) in [7, 11) is 0. The second kappa shape index (κ2) is 5.74. The second-order valence-electron chi connectivity index (χ2n) is 4.89. The third-order valence-electron chi connectivity index (χ3n) is 3.59. The number of benzene rings is 1. The Morgan fingerprint density at radius 3 is 2.42 bits per heavy atom. The molecule has 1 aromatic rings. The molecule has 0 saturated carbocycles. The molecule has 2 rings (SSSR count). The third kappa shape index (κ3) is 3.15. The van der Waals surface area contributed by atoms with Crippen LogP contribution in [0.2, 0.25) is 0 Å². The van der Waals surface area contributed by atoms with Crippen molar-refractivity contribution in [3.8, 4) is 0 Å². The van der Waals surface area contributed by atoms with E-state index in [9.17, 15) is 9.59 Å². The smallest absolute Gasteiger partial charge is 0.220 e. The van der Waals surface area contributed by atoms with Gasteiger partial charge in [-0.1, -0.05) is 0 Å². The SMILES string of the molecule is CC(=O)c1ccc(N2CCC(C(N)=O)CC2)c(Br)c1. The molecule has 1 aliphatic rings. The topological polar surface area (TPSA) is 63.4 Å². The van der Waals surface area contributed by atoms with Gasteiger partial charge in [0.15, 0.2) is 5.78 Å². The first-order valence-electron chi connectivity index (χ1n) is 6.34. The van der Waals surface area contributed by atoms with Gasteiger partial charge in [0.05, 0.1) is 5.69 Å². The lowest BCUT2D eigenvalue weighted by atomic mass is 9.96. The number of ketones is 1. The molecule has 0 atom stereocenters. The van der Waals surface area contributed by atoms with Crippen molar-refractivity contribution in [1.82, 2.24) is 0 Å². The molecule has 1 saturated heterocycles. The Kier molecular flexibility index (Phi) is 4.24. The molecular weight excluding hydrogens is 308 g/mol. The predicted molar refractivity (Wildman–Crippen MR) is 78.3 cm³/mol. The standard InChI is InChI=1S/C14H17BrN2O2/c1-9(18)11-2-3-13(12(15)8-11)17-6-4-10(5-7-17)14(16)19/h2-3,8,10H,4-7H2,1H3,(H2,16,19). The summed E-state index contributed by atoms with van der Waals surface area (Å²) in [6, 6.07) is 5.63. The van der Waals surface area contributed by atoms with Gasteiger partial charge in [0, 0.05) is 29.0 Å². The Hall–Kier alpha value is -1.36. The summed E-state index contributed by atoms with van der Waals surface area (Å²) in [6.45, 7) is 3.18. The predicted octanol–water partition coefficient (Wildman–Crippen LogP) is 2.35. The van der Waals surface area contributed by atoms with Crippen LogP contribution in [-0.2, 0) is 4.79 Å². The van der Waals surface area contributed by atoms with Crippen LogP contribution in [0.15, 0.2) is 22.7 Å². The van der Waals surface area contributed by atoms with E-state index in [0.717, 1.165) is 36.1 Å². The highest BCUT2D eigenvalue weighted by molar-refractivity contribution is 9.10. The molecule has 0 radical (unpaired) electrons. The number of hydrogen-bond donors (Lipinski definition) is 1. The van der Waals surface area contributed by atoms with Crippen LogP contribution in [0.1, 0.15) is 30.1 Å². The number of hydrogen-bond acceptors (Lipinski definition) is 3. The third-order valence-corrected chi connectivity index (χ3v) is 4.23. The number of piperidine rings is 1. The Morgan fingerprint density at radius 2 is 1.95 bits per heavy atom. The van der Waals surface area contributed by atoms with Crippen LogP contribution < -0.4 is 10.6 Å². The Morgan fingerprint density at radius 1 is 1.32 bits per heavy atom. The average molecular weight is 325 g/mol. The van der Waals surface area contributed by atoms with E-state index in [-0.39, 0.29) is 17.6 Å². The maximum Gasteiger partial charge on any atom is 0.220 e. The highest BCUT2D eigenvalue weighted by atomic mass is 79.9. The van der Waals surface area contributed by atoms with Crippen molar-refractivity contribution in [1.29, 1.82) is 0 Å². The number of anilines is 1. The van der Waals surface area contributed by atoms with Crippen molar-refractivity contribution in [2.24, 2.45) is 11.7 Å². The highest BCUT2D eigenvalue weighted by Crippen LogP contribution is 2.30. The summed E-state index contributed by atoms with van der Waals surface area (Å²) >= 11 is 3.51. The molecule has 0 spiro atoms. The summed E-state index contributed by atoms with van der Waals surface area (Å²) in [4.78, 5) is 24.7. The van der Waals surface area contributed by atoms with Gasteiger partial charge in [-0.2, -0.15) is 0 Å². The molecule has 5 heteroatoms. The number of primary amides is 1. The average Bonchev–Trinajstić information content (AvgIpc) is 2.38. The van der Waals surface area contributed by atoms with Gasteiger partial charge in [0.2, 0.25) is 5.91 Å². The lowest BCUT2D eigenvalue weighted by Crippen LogP contribution is -2.38. The van der Waals surface area contributed by atoms with Crippen molar-refractivity contribution >= 4 is 33.3 Å². The van der Waals surface area contributed by atoms with Gasteiger partial charge in [-0.25, -0.2) is 0 Å². The van der Waals surface area contributed by atoms with Gasteiger partial charge in [-0.15, -0.1) is 0 Å². The van der Waals surface area contributed by atoms with Crippen LogP contribution in [0.5, 0.6) is 0 Å². The normalized spacial score (nSPS) is 16.4. The van der Waals surface area contributed by atoms with E-state index in [1.54, 1.807) is 6.92 Å². The van der Waals surface area contributed by atoms with Gasteiger partial charge in [0.1, 0.15) is 0 Å². The maximum absolute atomic E-state index is 11.3. The molecule has 4 nitrogen and oxygen atoms in total. The molecular formula is C14H17BrN2O2. The zero-order valence-corrected chi connectivity index (χ0v) is 12.4. The van der Waals surface area contributed by atoms with E-state index in [1.165, 1.54) is 0 Å². The molecule has 1 amide bonds. The number of nitrogens with two attached hydrogens (primary N) is 1. The number of carbonyl (C=O) groups excluding carboxylic acids is 2. The van der Waals surface area contributed by atoms with Crippen LogP contribution >= 0.6 is 15.9 Å². The lowest BCUT2D eigenvalue weighted by Gasteiger charge is -2.33. The van der Waals surface area contributed by atoms with Crippen molar-refractivity contribution in [3.63, 3.8) is 0 Å². The number of Topliss-reactive ketones (excluding diaryl/α,β-unsaturated/α-hetero) is 1. The first-order chi connectivity index (χ1) is 8.99. The van der Waals surface area contributed by atoms with E-state index >= 15 is 0 Å². The van der Waals surface area contributed by atoms with Crippen molar-refractivity contribution in [2.75, 3.05) is 18.0 Å². The monoisotopic (exact) mass is 324 g/mol. The maximum atomic E-state index is 11.3. The van der Waals surface area contributed by atoms with Crippen LogP contribution in [0.3, 0.4) is 0 Å². The molecule has 1 aliphatic heterocycles. The number of nitrogens with zero attached hydrogens (tertiary/aromatic N) is 1. The summed E-state index contributed by atoms with van der Waals surface area (Å²) in [5, 5.41) is 0. The summed E-state index contributed by atoms with van der Waals surface area (Å²) in [5.74, 6) is -0.156. The number of halogens is 1. The van der Waals surface area contributed by atoms with Crippen molar-refractivity contribution in [2.45, 2.75) is 19.8 Å². The van der Waals surface area contributed by atoms with E-state index in [0.29, 0.717) is 5.56 Å². The molecule has 19 heavy (non-hydrogen) atoms. The molecule has 0 aromatic heterocycles. The van der Waals surface area contributed by atoms with E-state index < -0.39 is 0 Å². The number of rotatable bonds is 3. The zero-order valence-electron chi connectivity index (χ0n) is 10.9. The second-order valence-corrected chi connectivity index (χ2v) is 5.74. The van der Waals surface area contributed by atoms with E-state index in [1.807, 2.05) is 18.2 Å². The van der Waals surface area contributed by atoms with Crippen LogP contribution in [0.25, 0.3) is 0 Å². The quantitative estimate of drug-likeness (QED) is 0.868. The molecule has 0 aliphatic carbocycles. The summed E-state index contributed by atoms with van der Waals surface area (Å²) < 4.78 is 0.915. The van der Waals surface area contributed by atoms with Crippen LogP contribution in [0.4, 0.5) is 5.69 Å². The highest BCUT2D eigenvalue weighted by Gasteiger charge is 2.24. The molecule has 1 aromatic carbocycles. The Labute approximate surface area is 121 Å². The summed E-state index contributed by atoms with van der Waals surface area (Å²) in [6.07, 6.45) is 1.58. The minimum absolute atomic E-state index is 0.00785. The molecule has 0 unspecified atom stereocenters. The lowest BCUT2D eigenvalue weighted by molar-refractivity contribution is -0.122. The van der Waals surface area contributed by atoms with Crippen LogP contribution in [0, 0.1) is 5.92 Å². The van der Waals surface area contributed by atoms with E-state index in [4.69, 9.17) is 5.73 Å². The van der Waals surface area contributed by atoms with Gasteiger partial charge in [-0.05, 0) is 53.9 Å². The molecule has 102 valence electrons. The first-order valence-corrected chi connectivity index (χ1v) is 7.13.